The van der Waals surface area contributed by atoms with E-state index in [0.29, 0.717) is 34.9 Å². The van der Waals surface area contributed by atoms with Crippen LogP contribution in [0.3, 0.4) is 0 Å². The van der Waals surface area contributed by atoms with Crippen LogP contribution in [-0.4, -0.2) is 29.7 Å². The summed E-state index contributed by atoms with van der Waals surface area (Å²) >= 11 is 0. The number of H-pyrrole nitrogens is 1. The maximum Gasteiger partial charge on any atom is 0.285 e. The van der Waals surface area contributed by atoms with Crippen molar-refractivity contribution in [3.8, 4) is 11.4 Å². The van der Waals surface area contributed by atoms with Crippen LogP contribution in [0.4, 0.5) is 0 Å². The minimum atomic E-state index is -0.274. The Bertz CT molecular complexity index is 935. The Morgan fingerprint density at radius 3 is 2.96 bits per heavy atom. The number of fused-ring (bicyclic) bond motifs is 1. The summed E-state index contributed by atoms with van der Waals surface area (Å²) in [6.45, 7) is 0. The summed E-state index contributed by atoms with van der Waals surface area (Å²) in [5, 5.41) is 6.74. The molecule has 124 valence electrons. The first kappa shape index (κ1) is 13.9. The van der Waals surface area contributed by atoms with Gasteiger partial charge in [-0.3, -0.25) is 9.89 Å². The second kappa shape index (κ2) is 5.25. The van der Waals surface area contributed by atoms with Crippen molar-refractivity contribution in [2.24, 2.45) is 11.8 Å². The summed E-state index contributed by atoms with van der Waals surface area (Å²) in [5.41, 5.74) is 0.0473. The van der Waals surface area contributed by atoms with Crippen LogP contribution in [0.1, 0.15) is 50.3 Å². The SMILES string of the molecule is O=c1c(-c2noc(C3CC3C3CCCCC3)n2)cnc2nc[nH]n12. The van der Waals surface area contributed by atoms with Crippen molar-refractivity contribution in [1.29, 1.82) is 0 Å². The number of aromatic amines is 1. The van der Waals surface area contributed by atoms with E-state index in [1.165, 1.54) is 49.1 Å². The van der Waals surface area contributed by atoms with E-state index in [9.17, 15) is 4.79 Å². The minimum absolute atomic E-state index is 0.274. The molecule has 2 unspecified atom stereocenters. The van der Waals surface area contributed by atoms with Gasteiger partial charge in [-0.25, -0.2) is 9.97 Å². The van der Waals surface area contributed by atoms with Crippen molar-refractivity contribution >= 4 is 5.78 Å². The van der Waals surface area contributed by atoms with E-state index >= 15 is 0 Å². The molecule has 0 saturated heterocycles. The second-order valence-electron chi connectivity index (χ2n) is 6.86. The van der Waals surface area contributed by atoms with Crippen molar-refractivity contribution < 1.29 is 4.52 Å². The van der Waals surface area contributed by atoms with Crippen molar-refractivity contribution in [2.75, 3.05) is 0 Å². The first-order chi connectivity index (χ1) is 11.8. The molecule has 2 saturated carbocycles. The molecule has 0 bridgehead atoms. The average Bonchev–Trinajstić information content (AvgIpc) is 3.04. The van der Waals surface area contributed by atoms with E-state index in [1.807, 2.05) is 0 Å². The van der Waals surface area contributed by atoms with Crippen LogP contribution >= 0.6 is 0 Å². The molecule has 0 radical (unpaired) electrons. The third kappa shape index (κ3) is 2.16. The highest BCUT2D eigenvalue weighted by molar-refractivity contribution is 5.52. The van der Waals surface area contributed by atoms with E-state index < -0.39 is 0 Å². The molecule has 1 N–H and O–H groups in total. The molecule has 2 aliphatic carbocycles. The number of nitrogens with zero attached hydrogens (tertiary/aromatic N) is 5. The van der Waals surface area contributed by atoms with Crippen molar-refractivity contribution in [3.05, 3.63) is 28.8 Å². The Balaban J connectivity index is 1.41. The first-order valence-corrected chi connectivity index (χ1v) is 8.56. The number of aromatic nitrogens is 6. The predicted molar refractivity (Wildman–Crippen MR) is 84.3 cm³/mol. The lowest BCUT2D eigenvalue weighted by atomic mass is 9.85. The zero-order valence-electron chi connectivity index (χ0n) is 13.2. The molecular weight excluding hydrogens is 308 g/mol. The molecule has 3 aromatic heterocycles. The first-order valence-electron chi connectivity index (χ1n) is 8.56. The second-order valence-corrected chi connectivity index (χ2v) is 6.86. The zero-order chi connectivity index (χ0) is 16.1. The number of hydrogen-bond acceptors (Lipinski definition) is 6. The summed E-state index contributed by atoms with van der Waals surface area (Å²) in [6, 6.07) is 0. The Kier molecular flexibility index (Phi) is 3.04. The Morgan fingerprint density at radius 1 is 1.21 bits per heavy atom. The Labute approximate surface area is 137 Å². The van der Waals surface area contributed by atoms with Gasteiger partial charge in [0.25, 0.3) is 11.3 Å². The van der Waals surface area contributed by atoms with E-state index in [2.05, 4.69) is 25.2 Å². The molecule has 0 amide bonds. The summed E-state index contributed by atoms with van der Waals surface area (Å²) in [6.07, 6.45) is 10.7. The summed E-state index contributed by atoms with van der Waals surface area (Å²) in [7, 11) is 0. The summed E-state index contributed by atoms with van der Waals surface area (Å²) in [5.74, 6) is 3.13. The molecule has 0 spiro atoms. The van der Waals surface area contributed by atoms with E-state index in [1.54, 1.807) is 0 Å². The lowest BCUT2D eigenvalue weighted by Gasteiger charge is -2.21. The highest BCUT2D eigenvalue weighted by Crippen LogP contribution is 2.54. The quantitative estimate of drug-likeness (QED) is 0.791. The van der Waals surface area contributed by atoms with Gasteiger partial charge in [-0.1, -0.05) is 37.3 Å². The van der Waals surface area contributed by atoms with Crippen LogP contribution in [0, 0.1) is 11.8 Å². The molecule has 8 heteroatoms. The maximum atomic E-state index is 12.4. The van der Waals surface area contributed by atoms with Crippen LogP contribution in [-0.2, 0) is 0 Å². The lowest BCUT2D eigenvalue weighted by Crippen LogP contribution is -2.17. The topological polar surface area (TPSA) is 102 Å². The monoisotopic (exact) mass is 326 g/mol. The van der Waals surface area contributed by atoms with Crippen molar-refractivity contribution in [1.82, 2.24) is 29.7 Å². The van der Waals surface area contributed by atoms with Gasteiger partial charge < -0.3 is 4.52 Å². The van der Waals surface area contributed by atoms with Gasteiger partial charge in [0.05, 0.1) is 0 Å². The highest BCUT2D eigenvalue weighted by Gasteiger charge is 2.47. The molecule has 2 fully saturated rings. The smallest absolute Gasteiger partial charge is 0.285 e. The van der Waals surface area contributed by atoms with Crippen molar-refractivity contribution in [3.63, 3.8) is 0 Å². The van der Waals surface area contributed by atoms with Gasteiger partial charge in [0, 0.05) is 12.1 Å². The standard InChI is InChI=1S/C16H18N6O2/c23-15-12(7-17-16-18-8-19-22(15)16)13-20-14(24-21-13)11-6-10(11)9-4-2-1-3-5-9/h7-11H,1-6H2,(H,17,18,19). The summed E-state index contributed by atoms with van der Waals surface area (Å²) < 4.78 is 6.72. The van der Waals surface area contributed by atoms with Gasteiger partial charge in [0.2, 0.25) is 11.7 Å². The normalized spacial score (nSPS) is 24.5. The molecule has 3 heterocycles. The molecule has 2 atom stereocenters. The molecule has 8 nitrogen and oxygen atoms in total. The fourth-order valence-electron chi connectivity index (χ4n) is 4.03. The Hall–Kier alpha value is -2.51. The van der Waals surface area contributed by atoms with Crippen LogP contribution in [0.25, 0.3) is 17.2 Å². The van der Waals surface area contributed by atoms with E-state index in [0.717, 1.165) is 12.3 Å². The fourth-order valence-corrected chi connectivity index (χ4v) is 4.03. The minimum Gasteiger partial charge on any atom is -0.339 e. The molecule has 2 aliphatic rings. The van der Waals surface area contributed by atoms with Gasteiger partial charge in [-0.05, 0) is 18.3 Å². The molecule has 3 aromatic rings. The van der Waals surface area contributed by atoms with Crippen molar-refractivity contribution in [2.45, 2.75) is 44.4 Å². The zero-order valence-corrected chi connectivity index (χ0v) is 13.2. The molecular formula is C16H18N6O2. The maximum absolute atomic E-state index is 12.4. The van der Waals surface area contributed by atoms with Gasteiger partial charge in [0.15, 0.2) is 0 Å². The lowest BCUT2D eigenvalue weighted by molar-refractivity contribution is 0.305. The van der Waals surface area contributed by atoms with Crippen LogP contribution < -0.4 is 5.56 Å². The van der Waals surface area contributed by atoms with Gasteiger partial charge in [0.1, 0.15) is 11.9 Å². The van der Waals surface area contributed by atoms with Gasteiger partial charge in [-0.2, -0.15) is 9.50 Å². The summed E-state index contributed by atoms with van der Waals surface area (Å²) in [4.78, 5) is 25.0. The van der Waals surface area contributed by atoms with Gasteiger partial charge >= 0.3 is 0 Å². The fraction of sp³-hybridized carbons (Fsp3) is 0.562. The third-order valence-electron chi connectivity index (χ3n) is 5.40. The van der Waals surface area contributed by atoms with Crippen LogP contribution in [0.15, 0.2) is 21.8 Å². The largest absolute Gasteiger partial charge is 0.339 e. The van der Waals surface area contributed by atoms with Gasteiger partial charge in [-0.15, -0.1) is 0 Å². The highest BCUT2D eigenvalue weighted by atomic mass is 16.5. The van der Waals surface area contributed by atoms with E-state index in [4.69, 9.17) is 4.52 Å². The number of hydrogen-bond donors (Lipinski definition) is 1. The molecule has 0 aliphatic heterocycles. The molecule has 24 heavy (non-hydrogen) atoms. The van der Waals surface area contributed by atoms with E-state index in [-0.39, 0.29) is 5.56 Å². The Morgan fingerprint density at radius 2 is 2.08 bits per heavy atom. The predicted octanol–water partition coefficient (Wildman–Crippen LogP) is 2.15. The number of nitrogens with one attached hydrogen (secondary N) is 1. The van der Waals surface area contributed by atoms with Crippen LogP contribution in [0.2, 0.25) is 0 Å². The average molecular weight is 326 g/mol. The number of rotatable bonds is 3. The van der Waals surface area contributed by atoms with Crippen LogP contribution in [0.5, 0.6) is 0 Å². The molecule has 5 rings (SSSR count). The third-order valence-corrected chi connectivity index (χ3v) is 5.40. The molecule has 0 aromatic carbocycles.